The minimum absolute atomic E-state index is 0. The molecule has 5 fully saturated rings. The van der Waals surface area contributed by atoms with Gasteiger partial charge < -0.3 is 50.2 Å². The zero-order valence-corrected chi connectivity index (χ0v) is 30.9. The molecule has 0 amide bonds. The second-order valence-corrected chi connectivity index (χ2v) is 17.0. The average molecular weight is 700 g/mol. The molecule has 4 saturated carbocycles. The smallest absolute Gasteiger partial charge is 0.862 e. The molecule has 5 rings (SSSR count). The predicted octanol–water partition coefficient (Wildman–Crippen LogP) is -3.16. The topological polar surface area (TPSA) is 230 Å². The molecule has 0 bridgehead atoms. The standard InChI is InChI=1S/C32H55NO12S.Na/c1-16(4-7-25(37)33-10-11-46(41,42)43)19-5-6-20-26-21(14-24(36)32(19,20)3)31(2)9-8-18(12-17(31)13-22(26)35)44-30-29(40)28(39)27(38)23(15-34)45-30;/h16-24,26-30,34-36,38-40H,4-15H2,1-3H3,(H,33,37)(H,41,42,43);/q;+1/p-1/t16-,17+,18-,19-,20+,21+,22-,23-,24+,26+,27-,28+,29-,30-,31+,32-;/m1./s1. The number of aliphatic hydroxyl groups excluding tert-OH is 6. The Bertz CT molecular complexity index is 1210. The zero-order chi connectivity index (χ0) is 33.8. The van der Waals surface area contributed by atoms with Crippen molar-refractivity contribution in [2.24, 2.45) is 51.3 Å². The van der Waals surface area contributed by atoms with Crippen molar-refractivity contribution in [2.75, 3.05) is 18.9 Å². The van der Waals surface area contributed by atoms with Crippen molar-refractivity contribution >= 4 is 16.0 Å². The fourth-order valence-corrected chi connectivity index (χ4v) is 10.8. The van der Waals surface area contributed by atoms with Crippen LogP contribution >= 0.6 is 0 Å². The van der Waals surface area contributed by atoms with Gasteiger partial charge in [0.15, 0.2) is 6.29 Å². The maximum atomic E-state index is 12.3. The maximum absolute atomic E-state index is 12.3. The Kier molecular flexibility index (Phi) is 13.0. The van der Waals surface area contributed by atoms with Gasteiger partial charge in [-0.1, -0.05) is 20.8 Å². The molecule has 266 valence electrons. The first-order chi connectivity index (χ1) is 21.5. The number of rotatable bonds is 10. The van der Waals surface area contributed by atoms with Gasteiger partial charge in [-0.15, -0.1) is 0 Å². The summed E-state index contributed by atoms with van der Waals surface area (Å²) in [6.07, 6.45) is -2.34. The van der Waals surface area contributed by atoms with Gasteiger partial charge in [-0.05, 0) is 110 Å². The molecule has 5 aliphatic rings. The Balaban J connectivity index is 0.00000500. The van der Waals surface area contributed by atoms with E-state index in [0.717, 1.165) is 19.3 Å². The first-order valence-corrected chi connectivity index (χ1v) is 18.6. The van der Waals surface area contributed by atoms with E-state index in [1.807, 2.05) is 0 Å². The Morgan fingerprint density at radius 2 is 1.72 bits per heavy atom. The molecular formula is C32H54NNaO12S. The molecule has 0 aromatic carbocycles. The van der Waals surface area contributed by atoms with E-state index in [4.69, 9.17) is 14.0 Å². The number of hydrogen-bond donors (Lipinski definition) is 7. The van der Waals surface area contributed by atoms with Crippen LogP contribution < -0.4 is 34.7 Å². The van der Waals surface area contributed by atoms with E-state index < -0.39 is 76.7 Å². The van der Waals surface area contributed by atoms with E-state index in [1.165, 1.54) is 0 Å². The summed E-state index contributed by atoms with van der Waals surface area (Å²) in [5, 5.41) is 76.3. The Morgan fingerprint density at radius 3 is 2.38 bits per heavy atom. The van der Waals surface area contributed by atoms with E-state index in [1.54, 1.807) is 0 Å². The SMILES string of the molecule is C[C@H](CCC([O-])=NCCS(=O)(=O)O)[C@H]1CC[C@H]2[C@@H]3[C@H](O)C[C@@H]4C[C@H](O[C@@H]5O[C@H](CO)[C@@H](O)[C@H](O)[C@H]5O)CC[C@]4(C)[C@H]3C[C@H](O)[C@]12C.[Na+]. The van der Waals surface area contributed by atoms with Crippen molar-refractivity contribution in [2.45, 2.75) is 128 Å². The van der Waals surface area contributed by atoms with Crippen LogP contribution in [0.3, 0.4) is 0 Å². The zero-order valence-electron chi connectivity index (χ0n) is 28.1. The normalized spacial score (nSPS) is 47.7. The molecule has 1 aliphatic heterocycles. The summed E-state index contributed by atoms with van der Waals surface area (Å²) in [7, 11) is -4.17. The second-order valence-electron chi connectivity index (χ2n) is 15.4. The first kappa shape index (κ1) is 39.8. The van der Waals surface area contributed by atoms with Gasteiger partial charge in [0.05, 0.1) is 37.2 Å². The minimum atomic E-state index is -4.17. The third-order valence-electron chi connectivity index (χ3n) is 13.1. The molecule has 1 heterocycles. The molecule has 0 aromatic rings. The summed E-state index contributed by atoms with van der Waals surface area (Å²) < 4.78 is 42.4. The van der Waals surface area contributed by atoms with Crippen molar-refractivity contribution in [1.82, 2.24) is 0 Å². The molecule has 16 atom stereocenters. The van der Waals surface area contributed by atoms with Gasteiger partial charge in [0, 0.05) is 0 Å². The van der Waals surface area contributed by atoms with Crippen molar-refractivity contribution in [3.05, 3.63) is 0 Å². The van der Waals surface area contributed by atoms with Gasteiger partial charge in [-0.2, -0.15) is 8.42 Å². The number of nitrogens with zero attached hydrogens (tertiary/aromatic N) is 1. The van der Waals surface area contributed by atoms with Crippen LogP contribution in [0.25, 0.3) is 0 Å². The van der Waals surface area contributed by atoms with Crippen LogP contribution in [-0.2, 0) is 19.6 Å². The molecule has 15 heteroatoms. The Morgan fingerprint density at radius 1 is 1.02 bits per heavy atom. The van der Waals surface area contributed by atoms with Crippen LogP contribution in [0.1, 0.15) is 78.6 Å². The van der Waals surface area contributed by atoms with Gasteiger partial charge >= 0.3 is 29.6 Å². The summed E-state index contributed by atoms with van der Waals surface area (Å²) in [4.78, 5) is 3.77. The monoisotopic (exact) mass is 699 g/mol. The Hall–Kier alpha value is 0.0600. The second kappa shape index (κ2) is 15.3. The molecule has 0 radical (unpaired) electrons. The first-order valence-electron chi connectivity index (χ1n) is 17.0. The van der Waals surface area contributed by atoms with Gasteiger partial charge in [0.1, 0.15) is 24.4 Å². The van der Waals surface area contributed by atoms with Crippen LogP contribution in [0.15, 0.2) is 4.99 Å². The van der Waals surface area contributed by atoms with Crippen LogP contribution in [0.2, 0.25) is 0 Å². The van der Waals surface area contributed by atoms with E-state index in [9.17, 15) is 44.2 Å². The number of ether oxygens (including phenoxy) is 2. The largest absolute Gasteiger partial charge is 1.00 e. The third kappa shape index (κ3) is 7.80. The molecule has 47 heavy (non-hydrogen) atoms. The number of aliphatic hydroxyl groups is 6. The summed E-state index contributed by atoms with van der Waals surface area (Å²) in [5.41, 5.74) is -0.555. The summed E-state index contributed by atoms with van der Waals surface area (Å²) in [6.45, 7) is 5.72. The summed E-state index contributed by atoms with van der Waals surface area (Å²) in [6, 6.07) is 0. The molecule has 1 saturated heterocycles. The van der Waals surface area contributed by atoms with Crippen molar-refractivity contribution in [3.63, 3.8) is 0 Å². The summed E-state index contributed by atoms with van der Waals surface area (Å²) in [5.74, 6) is -0.339. The molecule has 7 N–H and O–H groups in total. The predicted molar refractivity (Wildman–Crippen MR) is 164 cm³/mol. The van der Waals surface area contributed by atoms with Gasteiger partial charge in [-0.25, -0.2) is 0 Å². The van der Waals surface area contributed by atoms with Crippen molar-refractivity contribution in [1.29, 1.82) is 0 Å². The molecule has 0 unspecified atom stereocenters. The van der Waals surface area contributed by atoms with E-state index in [2.05, 4.69) is 25.8 Å². The van der Waals surface area contributed by atoms with E-state index in [0.29, 0.717) is 32.1 Å². The number of hydrogen-bond acceptors (Lipinski definition) is 12. The fraction of sp³-hybridized carbons (Fsp3) is 0.969. The quantitative estimate of drug-likeness (QED) is 0.0394. The Labute approximate surface area is 300 Å². The number of aliphatic imine (C=N–C) groups is 1. The molecular weight excluding hydrogens is 645 g/mol. The molecule has 4 aliphatic carbocycles. The average Bonchev–Trinajstić information content (AvgIpc) is 3.35. The maximum Gasteiger partial charge on any atom is 1.00 e. The molecule has 0 aromatic heterocycles. The third-order valence-corrected chi connectivity index (χ3v) is 13.8. The van der Waals surface area contributed by atoms with Crippen LogP contribution in [-0.4, -0.2) is 117 Å². The van der Waals surface area contributed by atoms with Crippen LogP contribution in [0, 0.1) is 46.3 Å². The van der Waals surface area contributed by atoms with Crippen molar-refractivity contribution in [3.8, 4) is 0 Å². The summed E-state index contributed by atoms with van der Waals surface area (Å²) >= 11 is 0. The van der Waals surface area contributed by atoms with Crippen LogP contribution in [0.4, 0.5) is 0 Å². The molecule has 13 nitrogen and oxygen atoms in total. The number of fused-ring (bicyclic) bond motifs is 5. The molecule has 0 spiro atoms. The van der Waals surface area contributed by atoms with Gasteiger partial charge in [0.2, 0.25) is 0 Å². The van der Waals surface area contributed by atoms with Crippen molar-refractivity contribution < 1.29 is 87.7 Å². The van der Waals surface area contributed by atoms with E-state index >= 15 is 0 Å². The van der Waals surface area contributed by atoms with Gasteiger partial charge in [-0.3, -0.25) is 4.55 Å². The van der Waals surface area contributed by atoms with E-state index in [-0.39, 0.29) is 89.5 Å². The van der Waals surface area contributed by atoms with Crippen LogP contribution in [0.5, 0.6) is 0 Å². The minimum Gasteiger partial charge on any atom is -0.862 e. The fourth-order valence-electron chi connectivity index (χ4n) is 10.5. The van der Waals surface area contributed by atoms with Gasteiger partial charge in [0.25, 0.3) is 10.1 Å².